The Balaban J connectivity index is 1.80. The molecule has 2 aromatic rings. The molecule has 2 heterocycles. The molecule has 0 bridgehead atoms. The summed E-state index contributed by atoms with van der Waals surface area (Å²) in [7, 11) is 0. The van der Waals surface area contributed by atoms with Gasteiger partial charge in [0, 0.05) is 24.5 Å². The summed E-state index contributed by atoms with van der Waals surface area (Å²) in [5, 5.41) is 0. The van der Waals surface area contributed by atoms with Crippen molar-refractivity contribution in [2.45, 2.75) is 32.9 Å². The first-order chi connectivity index (χ1) is 12.5. The van der Waals surface area contributed by atoms with E-state index in [0.29, 0.717) is 13.1 Å². The van der Waals surface area contributed by atoms with Crippen LogP contribution in [0.4, 0.5) is 0 Å². The van der Waals surface area contributed by atoms with Gasteiger partial charge in [0.25, 0.3) is 0 Å². The maximum Gasteiger partial charge on any atom is 0.225 e. The minimum absolute atomic E-state index is 0.0263. The second-order valence-corrected chi connectivity index (χ2v) is 8.00. The van der Waals surface area contributed by atoms with Crippen molar-refractivity contribution in [3.8, 4) is 0 Å². The van der Waals surface area contributed by atoms with Gasteiger partial charge < -0.3 is 9.80 Å². The van der Waals surface area contributed by atoms with Gasteiger partial charge in [-0.05, 0) is 36.3 Å². The molecular weight excluding hydrogens is 368 g/mol. The van der Waals surface area contributed by atoms with Gasteiger partial charge in [0.05, 0.1) is 23.3 Å². The van der Waals surface area contributed by atoms with Crippen molar-refractivity contribution in [2.24, 2.45) is 0 Å². The van der Waals surface area contributed by atoms with Crippen molar-refractivity contribution < 1.29 is 9.59 Å². The smallest absolute Gasteiger partial charge is 0.225 e. The van der Waals surface area contributed by atoms with Crippen molar-refractivity contribution in [2.75, 3.05) is 6.54 Å². The van der Waals surface area contributed by atoms with Crippen LogP contribution in [-0.4, -0.2) is 28.2 Å². The minimum atomic E-state index is -0.276. The largest absolute Gasteiger partial charge is 0.338 e. The van der Waals surface area contributed by atoms with E-state index in [4.69, 9.17) is 11.6 Å². The topological polar surface area (TPSA) is 40.6 Å². The van der Waals surface area contributed by atoms with Crippen molar-refractivity contribution in [3.05, 3.63) is 62.9 Å². The Morgan fingerprint density at radius 2 is 2.00 bits per heavy atom. The first-order valence-electron chi connectivity index (χ1n) is 8.57. The van der Waals surface area contributed by atoms with E-state index in [2.05, 4.69) is 0 Å². The molecule has 1 aromatic carbocycles. The Kier molecular flexibility index (Phi) is 5.79. The second-order valence-electron chi connectivity index (χ2n) is 6.20. The fraction of sp³-hybridized carbons (Fsp3) is 0.300. The Morgan fingerprint density at radius 1 is 1.23 bits per heavy atom. The normalized spacial score (nSPS) is 15.7. The van der Waals surface area contributed by atoms with Crippen LogP contribution >= 0.6 is 22.9 Å². The number of benzene rings is 1. The molecule has 0 N–H and O–H groups in total. The van der Waals surface area contributed by atoms with E-state index >= 15 is 0 Å². The number of fused-ring (bicyclic) bond motifs is 1. The van der Waals surface area contributed by atoms with Gasteiger partial charge in [-0.2, -0.15) is 0 Å². The number of nitrogens with zero attached hydrogens (tertiary/aromatic N) is 2. The van der Waals surface area contributed by atoms with Crippen LogP contribution in [0, 0.1) is 0 Å². The molecule has 136 valence electrons. The summed E-state index contributed by atoms with van der Waals surface area (Å²) in [5.41, 5.74) is 2.06. The van der Waals surface area contributed by atoms with E-state index in [1.807, 2.05) is 49.4 Å². The summed E-state index contributed by atoms with van der Waals surface area (Å²) in [4.78, 5) is 29.5. The number of carbonyl (C=O) groups is 2. The third-order valence-corrected chi connectivity index (χ3v) is 5.76. The molecule has 1 atom stereocenters. The molecule has 6 heteroatoms. The van der Waals surface area contributed by atoms with E-state index in [1.54, 1.807) is 16.0 Å². The van der Waals surface area contributed by atoms with Crippen LogP contribution in [-0.2, 0) is 16.1 Å². The monoisotopic (exact) mass is 388 g/mol. The summed E-state index contributed by atoms with van der Waals surface area (Å²) in [5.74, 6) is -0.0417. The van der Waals surface area contributed by atoms with Crippen LogP contribution < -0.4 is 0 Å². The molecule has 2 amide bonds. The average molecular weight is 389 g/mol. The van der Waals surface area contributed by atoms with Gasteiger partial charge in [0.2, 0.25) is 11.8 Å². The van der Waals surface area contributed by atoms with Gasteiger partial charge in [-0.3, -0.25) is 9.59 Å². The van der Waals surface area contributed by atoms with Gasteiger partial charge >= 0.3 is 0 Å². The summed E-state index contributed by atoms with van der Waals surface area (Å²) >= 11 is 7.48. The third kappa shape index (κ3) is 4.00. The van der Waals surface area contributed by atoms with Crippen molar-refractivity contribution in [1.29, 1.82) is 0 Å². The molecule has 3 rings (SSSR count). The highest BCUT2D eigenvalue weighted by molar-refractivity contribution is 7.16. The first kappa shape index (κ1) is 18.7. The fourth-order valence-electron chi connectivity index (χ4n) is 3.21. The van der Waals surface area contributed by atoms with Crippen LogP contribution in [0.3, 0.4) is 0 Å². The molecule has 0 radical (unpaired) electrons. The number of hydrogen-bond acceptors (Lipinski definition) is 3. The molecule has 1 aliphatic rings. The lowest BCUT2D eigenvalue weighted by atomic mass is 9.93. The van der Waals surface area contributed by atoms with Crippen molar-refractivity contribution in [3.63, 3.8) is 0 Å². The number of hydrogen-bond donors (Lipinski definition) is 0. The highest BCUT2D eigenvalue weighted by Crippen LogP contribution is 2.33. The molecule has 26 heavy (non-hydrogen) atoms. The Morgan fingerprint density at radius 3 is 2.65 bits per heavy atom. The molecule has 0 saturated carbocycles. The maximum absolute atomic E-state index is 13.0. The lowest BCUT2D eigenvalue weighted by molar-refractivity contribution is -0.134. The van der Waals surface area contributed by atoms with Crippen molar-refractivity contribution in [1.82, 2.24) is 9.80 Å². The van der Waals surface area contributed by atoms with Crippen LogP contribution in [0.1, 0.15) is 42.3 Å². The molecule has 4 nitrogen and oxygen atoms in total. The lowest BCUT2D eigenvalue weighted by Gasteiger charge is -2.33. The highest BCUT2D eigenvalue weighted by atomic mass is 35.5. The first-order valence-corrected chi connectivity index (χ1v) is 9.77. The van der Waals surface area contributed by atoms with E-state index in [1.165, 1.54) is 18.3 Å². The van der Waals surface area contributed by atoms with Crippen LogP contribution in [0.25, 0.3) is 6.08 Å². The van der Waals surface area contributed by atoms with Crippen molar-refractivity contribution >= 4 is 40.8 Å². The zero-order valence-electron chi connectivity index (χ0n) is 14.8. The number of halogens is 1. The Labute approximate surface area is 162 Å². The number of rotatable bonds is 5. The van der Waals surface area contributed by atoms with E-state index in [9.17, 15) is 9.59 Å². The molecule has 0 saturated heterocycles. The lowest BCUT2D eigenvalue weighted by Crippen LogP contribution is -2.37. The van der Waals surface area contributed by atoms with Gasteiger partial charge in [0.15, 0.2) is 0 Å². The summed E-state index contributed by atoms with van der Waals surface area (Å²) in [6.07, 6.45) is 3.95. The SMILES string of the molecule is CCN(Cc1ccc(Cl)s1)C(=O)CC1c2ccccc2C=CN1C(C)=O. The summed E-state index contributed by atoms with van der Waals surface area (Å²) in [6, 6.07) is 11.4. The molecule has 0 fully saturated rings. The molecule has 1 aromatic heterocycles. The molecule has 0 aliphatic carbocycles. The Hall–Kier alpha value is -2.11. The second kappa shape index (κ2) is 8.06. The minimum Gasteiger partial charge on any atom is -0.338 e. The predicted molar refractivity (Wildman–Crippen MR) is 106 cm³/mol. The molecular formula is C20H21ClN2O2S. The van der Waals surface area contributed by atoms with Gasteiger partial charge in [0.1, 0.15) is 0 Å². The van der Waals surface area contributed by atoms with Crippen LogP contribution in [0.5, 0.6) is 0 Å². The molecule has 1 unspecified atom stereocenters. The summed E-state index contributed by atoms with van der Waals surface area (Å²) < 4.78 is 0.720. The van der Waals surface area contributed by atoms with Gasteiger partial charge in [-0.25, -0.2) is 0 Å². The molecule has 1 aliphatic heterocycles. The number of amides is 2. The molecule has 0 spiro atoms. The number of carbonyl (C=O) groups excluding carboxylic acids is 2. The zero-order valence-corrected chi connectivity index (χ0v) is 16.4. The number of thiophene rings is 1. The van der Waals surface area contributed by atoms with E-state index in [-0.39, 0.29) is 24.3 Å². The van der Waals surface area contributed by atoms with E-state index in [0.717, 1.165) is 20.3 Å². The maximum atomic E-state index is 13.0. The van der Waals surface area contributed by atoms with Gasteiger partial charge in [-0.1, -0.05) is 35.9 Å². The third-order valence-electron chi connectivity index (χ3n) is 4.55. The zero-order chi connectivity index (χ0) is 18.7. The van der Waals surface area contributed by atoms with E-state index < -0.39 is 0 Å². The van der Waals surface area contributed by atoms with Crippen LogP contribution in [0.15, 0.2) is 42.6 Å². The fourth-order valence-corrected chi connectivity index (χ4v) is 4.31. The highest BCUT2D eigenvalue weighted by Gasteiger charge is 2.29. The summed E-state index contributed by atoms with van der Waals surface area (Å²) in [6.45, 7) is 4.64. The average Bonchev–Trinajstić information content (AvgIpc) is 3.04. The predicted octanol–water partition coefficient (Wildman–Crippen LogP) is 4.71. The van der Waals surface area contributed by atoms with Gasteiger partial charge in [-0.15, -0.1) is 11.3 Å². The Bertz CT molecular complexity index is 846. The van der Waals surface area contributed by atoms with Crippen LogP contribution in [0.2, 0.25) is 4.34 Å². The quantitative estimate of drug-likeness (QED) is 0.743. The standard InChI is InChI=1S/C20H21ClN2O2S/c1-3-22(13-16-8-9-19(21)26-16)20(25)12-18-17-7-5-4-6-15(17)10-11-23(18)14(2)24/h4-11,18H,3,12-13H2,1-2H3.